The number of fused-ring (bicyclic) bond motifs is 4. The van der Waals surface area contributed by atoms with E-state index in [1.165, 1.54) is 32.1 Å². The Morgan fingerprint density at radius 1 is 1.02 bits per heavy atom. The molecule has 8 nitrogen and oxygen atoms in total. The zero-order valence-electron chi connectivity index (χ0n) is 31.2. The average molecular weight is 671 g/mol. The number of hydrogen-bond donors (Lipinski definition) is 3. The fourth-order valence-corrected chi connectivity index (χ4v) is 14.6. The fraction of sp³-hybridized carbons (Fsp3) is 0.975. The van der Waals surface area contributed by atoms with Crippen LogP contribution in [-0.2, 0) is 14.2 Å². The lowest BCUT2D eigenvalue weighted by Gasteiger charge is -2.63. The predicted octanol–water partition coefficient (Wildman–Crippen LogP) is 6.31. The lowest BCUT2D eigenvalue weighted by atomic mass is 9.41. The van der Waals surface area contributed by atoms with Crippen LogP contribution in [0.15, 0.2) is 0 Å². The van der Waals surface area contributed by atoms with Crippen LogP contribution in [0.4, 0.5) is 4.79 Å². The fourth-order valence-electron chi connectivity index (χ4n) is 14.6. The van der Waals surface area contributed by atoms with Crippen LogP contribution < -0.4 is 5.32 Å². The molecule has 0 aromatic carbocycles. The van der Waals surface area contributed by atoms with Crippen molar-refractivity contribution in [2.75, 3.05) is 19.7 Å². The van der Waals surface area contributed by atoms with Crippen molar-refractivity contribution in [3.8, 4) is 0 Å². The van der Waals surface area contributed by atoms with Gasteiger partial charge >= 0.3 is 6.09 Å². The molecule has 2 spiro atoms. The van der Waals surface area contributed by atoms with Gasteiger partial charge in [-0.25, -0.2) is 4.79 Å². The Morgan fingerprint density at radius 2 is 1.71 bits per heavy atom. The van der Waals surface area contributed by atoms with Crippen molar-refractivity contribution in [2.45, 2.75) is 174 Å². The minimum atomic E-state index is -1.02. The van der Waals surface area contributed by atoms with Crippen molar-refractivity contribution < 1.29 is 29.2 Å². The maximum atomic E-state index is 13.2. The summed E-state index contributed by atoms with van der Waals surface area (Å²) in [7, 11) is 0. The Bertz CT molecular complexity index is 1270. The first-order valence-electron chi connectivity index (χ1n) is 19.9. The molecular weight excluding hydrogens is 604 g/mol. The molecule has 13 atom stereocenters. The van der Waals surface area contributed by atoms with E-state index in [2.05, 4.69) is 44.8 Å². The second kappa shape index (κ2) is 11.0. The summed E-state index contributed by atoms with van der Waals surface area (Å²) in [6.45, 7) is 20.1. The molecule has 2 aliphatic heterocycles. The molecule has 8 heteroatoms. The number of ether oxygens (including phenoxy) is 3. The number of nitrogens with zero attached hydrogens (tertiary/aromatic N) is 1. The highest BCUT2D eigenvalue weighted by Crippen LogP contribution is 2.89. The third-order valence-electron chi connectivity index (χ3n) is 17.2. The number of carbonyl (C=O) groups is 1. The number of nitrogens with one attached hydrogen (secondary N) is 1. The van der Waals surface area contributed by atoms with Gasteiger partial charge in [0.15, 0.2) is 0 Å². The van der Waals surface area contributed by atoms with Gasteiger partial charge in [-0.3, -0.25) is 4.90 Å². The average Bonchev–Trinajstić information content (AvgIpc) is 3.59. The molecule has 8 fully saturated rings. The van der Waals surface area contributed by atoms with Crippen LogP contribution in [0.1, 0.15) is 126 Å². The number of hydrogen-bond acceptors (Lipinski definition) is 7. The summed E-state index contributed by atoms with van der Waals surface area (Å²) >= 11 is 0. The van der Waals surface area contributed by atoms with Crippen molar-refractivity contribution in [3.05, 3.63) is 0 Å². The van der Waals surface area contributed by atoms with Gasteiger partial charge in [0.2, 0.25) is 0 Å². The Hall–Kier alpha value is -0.930. The van der Waals surface area contributed by atoms with Gasteiger partial charge in [-0.2, -0.15) is 0 Å². The van der Waals surface area contributed by atoms with Crippen LogP contribution in [0.25, 0.3) is 0 Å². The molecule has 0 aromatic heterocycles. The maximum absolute atomic E-state index is 13.2. The lowest BCUT2D eigenvalue weighted by Crippen LogP contribution is -2.64. The number of likely N-dealkylation sites (tertiary alicyclic amines) is 1. The summed E-state index contributed by atoms with van der Waals surface area (Å²) in [5.74, 6) is 1.65. The van der Waals surface area contributed by atoms with Gasteiger partial charge in [0, 0.05) is 36.6 Å². The summed E-state index contributed by atoms with van der Waals surface area (Å²) in [6, 6.07) is 0.960. The van der Waals surface area contributed by atoms with Crippen LogP contribution in [0.3, 0.4) is 0 Å². The van der Waals surface area contributed by atoms with Gasteiger partial charge in [-0.15, -0.1) is 0 Å². The molecule has 8 rings (SSSR count). The number of rotatable bonds is 7. The summed E-state index contributed by atoms with van der Waals surface area (Å²) < 4.78 is 19.4. The minimum absolute atomic E-state index is 0.00644. The number of alkyl carbamates (subject to hydrolysis) is 1. The first-order chi connectivity index (χ1) is 22.5. The minimum Gasteiger partial charge on any atom is -0.446 e. The van der Waals surface area contributed by atoms with Crippen LogP contribution in [0, 0.1) is 50.7 Å². The third-order valence-corrected chi connectivity index (χ3v) is 17.2. The van der Waals surface area contributed by atoms with Crippen molar-refractivity contribution in [2.24, 2.45) is 50.7 Å². The molecule has 3 N–H and O–H groups in total. The monoisotopic (exact) mass is 670 g/mol. The van der Waals surface area contributed by atoms with Crippen LogP contribution in [-0.4, -0.2) is 89.1 Å². The zero-order valence-corrected chi connectivity index (χ0v) is 31.2. The molecule has 6 aliphatic carbocycles. The summed E-state index contributed by atoms with van der Waals surface area (Å²) in [6.07, 6.45) is 11.0. The van der Waals surface area contributed by atoms with E-state index >= 15 is 0 Å². The zero-order chi connectivity index (χ0) is 34.2. The summed E-state index contributed by atoms with van der Waals surface area (Å²) in [5, 5.41) is 26.8. The van der Waals surface area contributed by atoms with E-state index in [0.717, 1.165) is 57.7 Å². The predicted molar refractivity (Wildman–Crippen MR) is 184 cm³/mol. The molecular formula is C40H66N2O6. The Balaban J connectivity index is 0.988. The van der Waals surface area contributed by atoms with Gasteiger partial charge in [0.05, 0.1) is 30.0 Å². The van der Waals surface area contributed by atoms with Crippen molar-refractivity contribution in [3.63, 3.8) is 0 Å². The molecule has 0 bridgehead atoms. The Kier molecular flexibility index (Phi) is 7.86. The number of amides is 1. The molecule has 2 heterocycles. The molecule has 48 heavy (non-hydrogen) atoms. The molecule has 2 saturated heterocycles. The van der Waals surface area contributed by atoms with E-state index in [4.69, 9.17) is 14.2 Å². The highest BCUT2D eigenvalue weighted by atomic mass is 16.6. The normalized spacial score (nSPS) is 50.4. The second-order valence-corrected chi connectivity index (χ2v) is 19.9. The highest BCUT2D eigenvalue weighted by Gasteiger charge is 2.84. The second-order valence-electron chi connectivity index (χ2n) is 19.9. The molecule has 0 radical (unpaired) electrons. The van der Waals surface area contributed by atoms with E-state index in [1.54, 1.807) is 0 Å². The topological polar surface area (TPSA) is 100 Å². The van der Waals surface area contributed by atoms with E-state index in [9.17, 15) is 15.0 Å². The van der Waals surface area contributed by atoms with Crippen LogP contribution >= 0.6 is 0 Å². The van der Waals surface area contributed by atoms with Crippen molar-refractivity contribution >= 4 is 6.09 Å². The summed E-state index contributed by atoms with van der Waals surface area (Å²) in [5.41, 5.74) is -0.814. The van der Waals surface area contributed by atoms with Crippen LogP contribution in [0.2, 0.25) is 0 Å². The Labute approximate surface area is 289 Å². The van der Waals surface area contributed by atoms with E-state index in [1.807, 2.05) is 20.8 Å². The van der Waals surface area contributed by atoms with Gasteiger partial charge in [-0.05, 0) is 125 Å². The smallest absolute Gasteiger partial charge is 0.407 e. The van der Waals surface area contributed by atoms with E-state index < -0.39 is 17.8 Å². The van der Waals surface area contributed by atoms with Crippen molar-refractivity contribution in [1.82, 2.24) is 10.2 Å². The molecule has 6 saturated carbocycles. The standard InChI is InChI=1S/C40H66N2O6/c1-9-46-33(36(5,6)45)26-19-23(2)30-31(47-26)32(43)38(8)28-14-13-27-35(3,4)29(15-16-39(27)22-40(28,39)18-17-37(30,38)7)48-34(44)41-24-20-42(21-24)25-11-10-12-25/h23-33,43,45H,9-22H2,1-8H3,(H,41,44)/t23-,26?,27+,28?,29+,30+,31?,32+,33+,37-,38-,39-,40+/m1/s1. The molecule has 272 valence electrons. The number of aliphatic hydroxyl groups is 2. The van der Waals surface area contributed by atoms with Gasteiger partial charge in [-0.1, -0.05) is 41.0 Å². The SMILES string of the molecule is CCO[C@@H](C1C[C@@H](C)[C@H]2C(O1)[C@H](O)[C@@]1(C)C3CC[C@H]4C(C)(C)[C@@H](OC(=O)NC5CN(C6CCC6)C5)CC[C@@]45C[C@@]35CC[C@]21C)C(C)(C)O. The molecule has 1 amide bonds. The number of carbonyl (C=O) groups excluding carboxylic acids is 1. The molecule has 0 aromatic rings. The largest absolute Gasteiger partial charge is 0.446 e. The van der Waals surface area contributed by atoms with Gasteiger partial charge in [0.25, 0.3) is 0 Å². The first-order valence-corrected chi connectivity index (χ1v) is 19.9. The highest BCUT2D eigenvalue weighted by molar-refractivity contribution is 5.68. The van der Waals surface area contributed by atoms with Gasteiger partial charge in [0.1, 0.15) is 12.2 Å². The third kappa shape index (κ3) is 4.46. The first kappa shape index (κ1) is 34.2. The lowest BCUT2D eigenvalue weighted by molar-refractivity contribution is -0.215. The van der Waals surface area contributed by atoms with Gasteiger partial charge < -0.3 is 29.7 Å². The molecule has 8 aliphatic rings. The molecule has 3 unspecified atom stereocenters. The van der Waals surface area contributed by atoms with Crippen molar-refractivity contribution in [1.29, 1.82) is 0 Å². The van der Waals surface area contributed by atoms with E-state index in [0.29, 0.717) is 24.4 Å². The number of aliphatic hydroxyl groups excluding tert-OH is 1. The maximum Gasteiger partial charge on any atom is 0.407 e. The van der Waals surface area contributed by atoms with E-state index in [-0.39, 0.29) is 63.4 Å². The van der Waals surface area contributed by atoms with Crippen LogP contribution in [0.5, 0.6) is 0 Å². The quantitative estimate of drug-likeness (QED) is 0.292. The Morgan fingerprint density at radius 3 is 2.35 bits per heavy atom. The summed E-state index contributed by atoms with van der Waals surface area (Å²) in [4.78, 5) is 15.7.